The number of likely N-dealkylation sites (N-methyl/N-ethyl adjacent to an activating group) is 1. The molecule has 0 amide bonds. The molecule has 102 valence electrons. The van der Waals surface area contributed by atoms with Gasteiger partial charge in [-0.25, -0.2) is 0 Å². The van der Waals surface area contributed by atoms with Crippen molar-refractivity contribution in [3.8, 4) is 5.75 Å². The van der Waals surface area contributed by atoms with Crippen LogP contribution in [0.5, 0.6) is 5.75 Å². The number of methoxy groups -OCH3 is 1. The summed E-state index contributed by atoms with van der Waals surface area (Å²) in [5, 5.41) is 3.40. The summed E-state index contributed by atoms with van der Waals surface area (Å²) in [7, 11) is 1.65. The third-order valence-corrected chi connectivity index (χ3v) is 2.51. The molecule has 18 heavy (non-hydrogen) atoms. The molecule has 0 radical (unpaired) electrons. The van der Waals surface area contributed by atoms with E-state index >= 15 is 0 Å². The molecule has 0 fully saturated rings. The summed E-state index contributed by atoms with van der Waals surface area (Å²) in [6.45, 7) is 9.75. The van der Waals surface area contributed by atoms with Gasteiger partial charge in [-0.15, -0.1) is 0 Å². The Labute approximate surface area is 110 Å². The number of rotatable bonds is 6. The van der Waals surface area contributed by atoms with Crippen LogP contribution in [0, 0.1) is 0 Å². The summed E-state index contributed by atoms with van der Waals surface area (Å²) in [4.78, 5) is 4.18. The number of hydrogen-bond acceptors (Lipinski definition) is 4. The monoisotopic (exact) mass is 252 g/mol. The van der Waals surface area contributed by atoms with Crippen molar-refractivity contribution in [2.45, 2.75) is 39.3 Å². The first kappa shape index (κ1) is 14.9. The van der Waals surface area contributed by atoms with Crippen molar-refractivity contribution in [3.05, 3.63) is 24.0 Å². The van der Waals surface area contributed by atoms with Crippen LogP contribution in [0.2, 0.25) is 0 Å². The first-order valence-corrected chi connectivity index (χ1v) is 6.32. The number of pyridine rings is 1. The van der Waals surface area contributed by atoms with Gasteiger partial charge in [0.1, 0.15) is 5.75 Å². The van der Waals surface area contributed by atoms with E-state index < -0.39 is 0 Å². The van der Waals surface area contributed by atoms with Gasteiger partial charge in [-0.05, 0) is 38.9 Å². The van der Waals surface area contributed by atoms with Crippen LogP contribution >= 0.6 is 0 Å². The van der Waals surface area contributed by atoms with Crippen molar-refractivity contribution >= 4 is 0 Å². The van der Waals surface area contributed by atoms with Crippen molar-refractivity contribution in [2.24, 2.45) is 0 Å². The van der Waals surface area contributed by atoms with Gasteiger partial charge in [0.15, 0.2) is 0 Å². The van der Waals surface area contributed by atoms with E-state index in [4.69, 9.17) is 9.47 Å². The third kappa shape index (κ3) is 5.02. The topological polar surface area (TPSA) is 43.4 Å². The normalized spacial score (nSPS) is 13.4. The molecule has 0 spiro atoms. The molecule has 4 nitrogen and oxygen atoms in total. The Morgan fingerprint density at radius 2 is 2.06 bits per heavy atom. The van der Waals surface area contributed by atoms with E-state index in [0.29, 0.717) is 6.61 Å². The quantitative estimate of drug-likeness (QED) is 0.845. The molecule has 1 aromatic rings. The average molecular weight is 252 g/mol. The Morgan fingerprint density at radius 3 is 2.61 bits per heavy atom. The molecule has 1 atom stereocenters. The van der Waals surface area contributed by atoms with Crippen LogP contribution in [0.4, 0.5) is 0 Å². The maximum absolute atomic E-state index is 5.84. The molecule has 4 heteroatoms. The molecule has 1 rings (SSSR count). The van der Waals surface area contributed by atoms with E-state index in [2.05, 4.69) is 38.0 Å². The maximum Gasteiger partial charge on any atom is 0.137 e. The van der Waals surface area contributed by atoms with Gasteiger partial charge in [-0.3, -0.25) is 4.98 Å². The second kappa shape index (κ2) is 6.71. The molecule has 1 unspecified atom stereocenters. The van der Waals surface area contributed by atoms with Crippen LogP contribution in [-0.2, 0) is 4.74 Å². The minimum Gasteiger partial charge on any atom is -0.495 e. The second-order valence-electron chi connectivity index (χ2n) is 5.19. The maximum atomic E-state index is 5.84. The molecular formula is C14H24N2O2. The highest BCUT2D eigenvalue weighted by molar-refractivity contribution is 5.26. The van der Waals surface area contributed by atoms with E-state index in [1.165, 1.54) is 0 Å². The lowest BCUT2D eigenvalue weighted by Crippen LogP contribution is -2.30. The van der Waals surface area contributed by atoms with E-state index in [1.54, 1.807) is 13.3 Å². The minimum atomic E-state index is -0.139. The average Bonchev–Trinajstić information content (AvgIpc) is 2.33. The van der Waals surface area contributed by atoms with Crippen molar-refractivity contribution in [1.82, 2.24) is 10.3 Å². The Balaban J connectivity index is 2.76. The molecule has 0 aliphatic carbocycles. The molecule has 0 saturated carbocycles. The van der Waals surface area contributed by atoms with Gasteiger partial charge in [-0.1, -0.05) is 6.92 Å². The summed E-state index contributed by atoms with van der Waals surface area (Å²) in [6.07, 6.45) is 3.55. The van der Waals surface area contributed by atoms with E-state index in [-0.39, 0.29) is 11.6 Å². The standard InChI is InChI=1S/C14H24N2O2/c1-6-16-13(10-18-14(2,3)4)11-7-12(17-5)9-15-8-11/h7-9,13,16H,6,10H2,1-5H3. The fraction of sp³-hybridized carbons (Fsp3) is 0.643. The first-order chi connectivity index (χ1) is 8.46. The second-order valence-corrected chi connectivity index (χ2v) is 5.19. The van der Waals surface area contributed by atoms with Crippen LogP contribution in [-0.4, -0.2) is 30.8 Å². The molecule has 1 heterocycles. The van der Waals surface area contributed by atoms with Crippen LogP contribution < -0.4 is 10.1 Å². The molecule has 0 bridgehead atoms. The Morgan fingerprint density at radius 1 is 1.33 bits per heavy atom. The van der Waals surface area contributed by atoms with Crippen LogP contribution in [0.15, 0.2) is 18.5 Å². The van der Waals surface area contributed by atoms with Gasteiger partial charge in [0, 0.05) is 6.20 Å². The molecule has 0 aromatic carbocycles. The fourth-order valence-electron chi connectivity index (χ4n) is 1.59. The lowest BCUT2D eigenvalue weighted by molar-refractivity contribution is -0.0146. The van der Waals surface area contributed by atoms with Crippen molar-refractivity contribution in [1.29, 1.82) is 0 Å². The number of nitrogens with zero attached hydrogens (tertiary/aromatic N) is 1. The van der Waals surface area contributed by atoms with Gasteiger partial charge < -0.3 is 14.8 Å². The first-order valence-electron chi connectivity index (χ1n) is 6.32. The smallest absolute Gasteiger partial charge is 0.137 e. The summed E-state index contributed by atoms with van der Waals surface area (Å²) < 4.78 is 11.0. The zero-order valence-corrected chi connectivity index (χ0v) is 12.0. The molecular weight excluding hydrogens is 228 g/mol. The largest absolute Gasteiger partial charge is 0.495 e. The summed E-state index contributed by atoms with van der Waals surface area (Å²) in [6, 6.07) is 2.13. The lowest BCUT2D eigenvalue weighted by Gasteiger charge is -2.25. The molecule has 0 aliphatic rings. The summed E-state index contributed by atoms with van der Waals surface area (Å²) >= 11 is 0. The van der Waals surface area contributed by atoms with Crippen molar-refractivity contribution in [2.75, 3.05) is 20.3 Å². The van der Waals surface area contributed by atoms with Crippen LogP contribution in [0.1, 0.15) is 39.3 Å². The number of aromatic nitrogens is 1. The summed E-state index contributed by atoms with van der Waals surface area (Å²) in [5.74, 6) is 0.770. The SMILES string of the molecule is CCNC(COC(C)(C)C)c1cncc(OC)c1. The Kier molecular flexibility index (Phi) is 5.56. The van der Waals surface area contributed by atoms with Gasteiger partial charge >= 0.3 is 0 Å². The minimum absolute atomic E-state index is 0.136. The highest BCUT2D eigenvalue weighted by atomic mass is 16.5. The molecule has 0 aliphatic heterocycles. The van der Waals surface area contributed by atoms with E-state index in [0.717, 1.165) is 17.9 Å². The Bertz CT molecular complexity index is 361. The van der Waals surface area contributed by atoms with E-state index in [1.807, 2.05) is 12.3 Å². The Hall–Kier alpha value is -1.13. The van der Waals surface area contributed by atoms with Crippen LogP contribution in [0.25, 0.3) is 0 Å². The van der Waals surface area contributed by atoms with E-state index in [9.17, 15) is 0 Å². The van der Waals surface area contributed by atoms with Crippen molar-refractivity contribution < 1.29 is 9.47 Å². The predicted molar refractivity (Wildman–Crippen MR) is 72.9 cm³/mol. The molecule has 0 saturated heterocycles. The highest BCUT2D eigenvalue weighted by Gasteiger charge is 2.17. The van der Waals surface area contributed by atoms with Gasteiger partial charge in [0.05, 0.1) is 31.6 Å². The lowest BCUT2D eigenvalue weighted by atomic mass is 10.1. The zero-order chi connectivity index (χ0) is 13.6. The van der Waals surface area contributed by atoms with Gasteiger partial charge in [-0.2, -0.15) is 0 Å². The predicted octanol–water partition coefficient (Wildman–Crippen LogP) is 2.56. The third-order valence-electron chi connectivity index (χ3n) is 2.51. The number of ether oxygens (including phenoxy) is 2. The molecule has 1 N–H and O–H groups in total. The van der Waals surface area contributed by atoms with Crippen LogP contribution in [0.3, 0.4) is 0 Å². The zero-order valence-electron chi connectivity index (χ0n) is 12.0. The summed E-state index contributed by atoms with van der Waals surface area (Å²) in [5.41, 5.74) is 0.945. The van der Waals surface area contributed by atoms with Crippen molar-refractivity contribution in [3.63, 3.8) is 0 Å². The van der Waals surface area contributed by atoms with Gasteiger partial charge in [0.2, 0.25) is 0 Å². The number of hydrogen-bond donors (Lipinski definition) is 1. The highest BCUT2D eigenvalue weighted by Crippen LogP contribution is 2.20. The van der Waals surface area contributed by atoms with Gasteiger partial charge in [0.25, 0.3) is 0 Å². The number of nitrogens with one attached hydrogen (secondary N) is 1. The fourth-order valence-corrected chi connectivity index (χ4v) is 1.59. The molecule has 1 aromatic heterocycles.